The Morgan fingerprint density at radius 1 is 0.618 bits per heavy atom. The summed E-state index contributed by atoms with van der Waals surface area (Å²) in [4.78, 5) is 0. The molecule has 1 aliphatic carbocycles. The van der Waals surface area contributed by atoms with Crippen LogP contribution in [0.25, 0.3) is 32.7 Å². The first-order valence-electron chi connectivity index (χ1n) is 11.8. The van der Waals surface area contributed by atoms with Gasteiger partial charge in [-0.15, -0.1) is 9.24 Å². The van der Waals surface area contributed by atoms with Crippen LogP contribution in [-0.4, -0.2) is 0 Å². The Bertz CT molecular complexity index is 1560. The van der Waals surface area contributed by atoms with E-state index in [-0.39, 0.29) is 0 Å². The molecule has 0 fully saturated rings. The Kier molecular flexibility index (Phi) is 5.88. The van der Waals surface area contributed by atoms with Gasteiger partial charge in [-0.2, -0.15) is 0 Å². The Morgan fingerprint density at radius 3 is 1.97 bits per heavy atom. The van der Waals surface area contributed by atoms with Crippen LogP contribution >= 0.6 is 17.2 Å². The van der Waals surface area contributed by atoms with E-state index in [1.54, 1.807) is 5.31 Å². The number of benzene rings is 5. The van der Waals surface area contributed by atoms with E-state index in [2.05, 4.69) is 131 Å². The van der Waals surface area contributed by atoms with Crippen LogP contribution in [0.5, 0.6) is 0 Å². The highest BCUT2D eigenvalue weighted by Crippen LogP contribution is 2.50. The van der Waals surface area contributed by atoms with Crippen LogP contribution in [-0.2, 0) is 0 Å². The second kappa shape index (κ2) is 9.31. The smallest absolute Gasteiger partial charge is 0.000936 e. The van der Waals surface area contributed by atoms with Gasteiger partial charge in [0.25, 0.3) is 0 Å². The van der Waals surface area contributed by atoms with Gasteiger partial charge in [-0.1, -0.05) is 121 Å². The summed E-state index contributed by atoms with van der Waals surface area (Å²) in [6, 6.07) is 38.0. The quantitative estimate of drug-likeness (QED) is 0.234. The summed E-state index contributed by atoms with van der Waals surface area (Å²) < 4.78 is 0. The molecule has 5 aromatic rings. The number of hydrogen-bond donors (Lipinski definition) is 0. The molecule has 0 spiro atoms. The van der Waals surface area contributed by atoms with Crippen LogP contribution in [0.15, 0.2) is 127 Å². The molecule has 2 heteroatoms. The van der Waals surface area contributed by atoms with Crippen LogP contribution in [0, 0.1) is 0 Å². The van der Waals surface area contributed by atoms with Crippen molar-refractivity contribution in [3.63, 3.8) is 0 Å². The van der Waals surface area contributed by atoms with E-state index in [9.17, 15) is 0 Å². The maximum Gasteiger partial charge on any atom is -0.000936 e. The third-order valence-electron chi connectivity index (χ3n) is 6.65. The van der Waals surface area contributed by atoms with E-state index >= 15 is 0 Å². The zero-order valence-corrected chi connectivity index (χ0v) is 21.0. The van der Waals surface area contributed by atoms with Crippen molar-refractivity contribution < 1.29 is 0 Å². The predicted molar refractivity (Wildman–Crippen MR) is 155 cm³/mol. The lowest BCUT2D eigenvalue weighted by Crippen LogP contribution is -2.18. The number of fused-ring (bicyclic) bond motifs is 2. The minimum absolute atomic E-state index is 0.654. The van der Waals surface area contributed by atoms with Crippen LogP contribution in [0.1, 0.15) is 12.8 Å². The molecule has 0 radical (unpaired) electrons. The monoisotopic (exact) mass is 472 g/mol. The van der Waals surface area contributed by atoms with Crippen molar-refractivity contribution in [3.05, 3.63) is 127 Å². The molecule has 0 saturated carbocycles. The summed E-state index contributed by atoms with van der Waals surface area (Å²) in [6.07, 6.45) is 9.13. The average Bonchev–Trinajstić information content (AvgIpc) is 2.90. The second-order valence-corrected chi connectivity index (χ2v) is 11.6. The summed E-state index contributed by atoms with van der Waals surface area (Å²) in [5.41, 5.74) is 2.72. The lowest BCUT2D eigenvalue weighted by molar-refractivity contribution is 1.02. The fourth-order valence-corrected chi connectivity index (χ4v) is 8.14. The van der Waals surface area contributed by atoms with Gasteiger partial charge in [0.05, 0.1) is 0 Å². The molecule has 0 aromatic heterocycles. The summed E-state index contributed by atoms with van der Waals surface area (Å²) >= 11 is 0. The molecule has 0 saturated heterocycles. The first kappa shape index (κ1) is 21.5. The molecule has 0 heterocycles. The molecule has 34 heavy (non-hydrogen) atoms. The third kappa shape index (κ3) is 3.82. The molecule has 164 valence electrons. The highest BCUT2D eigenvalue weighted by atomic mass is 31.1. The van der Waals surface area contributed by atoms with Crippen molar-refractivity contribution in [1.82, 2.24) is 0 Å². The summed E-state index contributed by atoms with van der Waals surface area (Å²) in [5, 5.41) is 10.9. The molecular formula is C32H26P2. The molecule has 2 unspecified atom stereocenters. The van der Waals surface area contributed by atoms with Crippen molar-refractivity contribution in [2.75, 3.05) is 0 Å². The molecule has 5 aromatic carbocycles. The van der Waals surface area contributed by atoms with Gasteiger partial charge in [0.1, 0.15) is 0 Å². The molecule has 6 rings (SSSR count). The fraction of sp³-hybridized carbons (Fsp3) is 0.0625. The van der Waals surface area contributed by atoms with Crippen molar-refractivity contribution in [2.45, 2.75) is 12.8 Å². The van der Waals surface area contributed by atoms with Crippen molar-refractivity contribution in [1.29, 1.82) is 0 Å². The minimum Gasteiger partial charge on any atom is -0.105 e. The molecule has 0 nitrogen and oxygen atoms in total. The van der Waals surface area contributed by atoms with Crippen LogP contribution < -0.4 is 15.9 Å². The van der Waals surface area contributed by atoms with Gasteiger partial charge in [0.2, 0.25) is 0 Å². The molecule has 0 amide bonds. The van der Waals surface area contributed by atoms with Crippen LogP contribution in [0.3, 0.4) is 0 Å². The Morgan fingerprint density at radius 2 is 1.26 bits per heavy atom. The highest BCUT2D eigenvalue weighted by Gasteiger charge is 2.25. The SMILES string of the molecule is Pc1ccc2ccccc2c1-c1c(P(C2=CC=CCC2)c2ccccc2)ccc2ccccc12. The summed E-state index contributed by atoms with van der Waals surface area (Å²) in [7, 11) is 2.36. The molecule has 0 bridgehead atoms. The number of hydrogen-bond acceptors (Lipinski definition) is 0. The minimum atomic E-state index is -0.654. The number of allylic oxidation sites excluding steroid dienone is 4. The standard InChI is InChI=1S/C32H26P2/c33-29-21-19-23-11-7-9-17-27(23)31(29)32-28-18-10-8-12-24(28)20-22-30(32)34(25-13-3-1-4-14-25)26-15-5-2-6-16-26/h1-5,7-15,17-22H,6,16,33H2. The van der Waals surface area contributed by atoms with E-state index in [0.29, 0.717) is 0 Å². The lowest BCUT2D eigenvalue weighted by Gasteiger charge is -2.27. The molecule has 0 N–H and O–H groups in total. The normalized spacial score (nSPS) is 14.3. The van der Waals surface area contributed by atoms with Gasteiger partial charge in [-0.25, -0.2) is 0 Å². The van der Waals surface area contributed by atoms with Gasteiger partial charge in [0.15, 0.2) is 0 Å². The maximum absolute atomic E-state index is 3.02. The second-order valence-electron chi connectivity index (χ2n) is 8.73. The van der Waals surface area contributed by atoms with Crippen molar-refractivity contribution >= 4 is 54.6 Å². The fourth-order valence-electron chi connectivity index (χ4n) is 5.09. The van der Waals surface area contributed by atoms with Crippen LogP contribution in [0.4, 0.5) is 0 Å². The maximum atomic E-state index is 3.02. The van der Waals surface area contributed by atoms with E-state index in [0.717, 1.165) is 12.8 Å². The zero-order chi connectivity index (χ0) is 22.9. The van der Waals surface area contributed by atoms with Gasteiger partial charge >= 0.3 is 0 Å². The highest BCUT2D eigenvalue weighted by molar-refractivity contribution is 7.77. The van der Waals surface area contributed by atoms with Crippen molar-refractivity contribution in [3.8, 4) is 11.1 Å². The summed E-state index contributed by atoms with van der Waals surface area (Å²) in [5.74, 6) is 0. The first-order chi connectivity index (χ1) is 16.8. The van der Waals surface area contributed by atoms with Crippen molar-refractivity contribution in [2.24, 2.45) is 0 Å². The average molecular weight is 473 g/mol. The topological polar surface area (TPSA) is 0 Å². The largest absolute Gasteiger partial charge is 0.105 e. The predicted octanol–water partition coefficient (Wildman–Crippen LogP) is 7.83. The number of rotatable bonds is 4. The Balaban J connectivity index is 1.74. The van der Waals surface area contributed by atoms with E-state index in [1.165, 1.54) is 48.6 Å². The van der Waals surface area contributed by atoms with Gasteiger partial charge in [0, 0.05) is 0 Å². The van der Waals surface area contributed by atoms with Gasteiger partial charge in [-0.3, -0.25) is 0 Å². The Hall–Kier alpha value is -3.04. The molecule has 1 aliphatic rings. The van der Waals surface area contributed by atoms with E-state index in [4.69, 9.17) is 0 Å². The Labute approximate surface area is 205 Å². The van der Waals surface area contributed by atoms with E-state index < -0.39 is 7.92 Å². The van der Waals surface area contributed by atoms with Gasteiger partial charge in [-0.05, 0) is 74.7 Å². The zero-order valence-electron chi connectivity index (χ0n) is 19.0. The molecule has 0 aliphatic heterocycles. The summed E-state index contributed by atoms with van der Waals surface area (Å²) in [6.45, 7) is 0. The van der Waals surface area contributed by atoms with Crippen LogP contribution in [0.2, 0.25) is 0 Å². The van der Waals surface area contributed by atoms with E-state index in [1.807, 2.05) is 0 Å². The third-order valence-corrected chi connectivity index (χ3v) is 9.75. The first-order valence-corrected chi connectivity index (χ1v) is 13.7. The van der Waals surface area contributed by atoms with Gasteiger partial charge < -0.3 is 0 Å². The molecule has 2 atom stereocenters. The lowest BCUT2D eigenvalue weighted by atomic mass is 9.93. The molecular weight excluding hydrogens is 446 g/mol.